The first kappa shape index (κ1) is 10.6. The van der Waals surface area contributed by atoms with Gasteiger partial charge in [-0.05, 0) is 19.1 Å². The lowest BCUT2D eigenvalue weighted by atomic mass is 10.1. The summed E-state index contributed by atoms with van der Waals surface area (Å²) in [5, 5.41) is 9.79. The van der Waals surface area contributed by atoms with Crippen LogP contribution in [0.15, 0.2) is 18.2 Å². The number of benzene rings is 1. The number of likely N-dealkylation sites (N-methyl/N-ethyl adjacent to an activating group) is 1. The second kappa shape index (κ2) is 3.91. The summed E-state index contributed by atoms with van der Waals surface area (Å²) in [6.45, 7) is 2.01. The highest BCUT2D eigenvalue weighted by Gasteiger charge is 2.31. The van der Waals surface area contributed by atoms with Crippen LogP contribution in [0, 0.1) is 0 Å². The molecule has 2 atom stereocenters. The molecular formula is C11H14ClNO2. The van der Waals surface area contributed by atoms with Crippen molar-refractivity contribution in [2.45, 2.75) is 19.1 Å². The molecule has 1 aromatic rings. The number of halogens is 1. The Balaban J connectivity index is 2.45. The molecule has 0 bridgehead atoms. The number of nitrogens with zero attached hydrogens (tertiary/aromatic N) is 1. The molecule has 1 heterocycles. The van der Waals surface area contributed by atoms with Crippen LogP contribution in [0.5, 0.6) is 5.75 Å². The molecule has 0 saturated carbocycles. The quantitative estimate of drug-likeness (QED) is 0.796. The highest BCUT2D eigenvalue weighted by Crippen LogP contribution is 2.40. The Morgan fingerprint density at radius 2 is 2.27 bits per heavy atom. The summed E-state index contributed by atoms with van der Waals surface area (Å²) >= 11 is 6.04. The van der Waals surface area contributed by atoms with E-state index >= 15 is 0 Å². The van der Waals surface area contributed by atoms with Gasteiger partial charge in [0.05, 0.1) is 23.4 Å². The zero-order valence-corrected chi connectivity index (χ0v) is 9.53. The summed E-state index contributed by atoms with van der Waals surface area (Å²) in [5.74, 6) is 0.666. The highest BCUT2D eigenvalue weighted by molar-refractivity contribution is 6.32. The van der Waals surface area contributed by atoms with Crippen LogP contribution in [-0.4, -0.2) is 30.9 Å². The van der Waals surface area contributed by atoms with E-state index in [1.807, 2.05) is 26.1 Å². The van der Waals surface area contributed by atoms with Gasteiger partial charge in [0, 0.05) is 7.05 Å². The van der Waals surface area contributed by atoms with Gasteiger partial charge in [-0.3, -0.25) is 0 Å². The molecule has 0 saturated heterocycles. The van der Waals surface area contributed by atoms with Crippen LogP contribution < -0.4 is 9.64 Å². The second-order valence-corrected chi connectivity index (χ2v) is 4.19. The summed E-state index contributed by atoms with van der Waals surface area (Å²) in [6, 6.07) is 5.79. The molecule has 1 aliphatic heterocycles. The van der Waals surface area contributed by atoms with Crippen molar-refractivity contribution < 1.29 is 9.84 Å². The Hall–Kier alpha value is -0.930. The number of ether oxygens (including phenoxy) is 1. The molecule has 1 N–H and O–H groups in total. The molecule has 82 valence electrons. The van der Waals surface area contributed by atoms with E-state index in [1.54, 1.807) is 6.07 Å². The normalized spacial score (nSPS) is 24.7. The first-order valence-electron chi connectivity index (χ1n) is 4.94. The van der Waals surface area contributed by atoms with Crippen LogP contribution >= 0.6 is 11.6 Å². The number of fused-ring (bicyclic) bond motifs is 1. The molecule has 1 aliphatic rings. The Bertz CT molecular complexity index is 370. The van der Waals surface area contributed by atoms with Crippen molar-refractivity contribution >= 4 is 17.3 Å². The number of aliphatic hydroxyl groups excluding tert-OH is 1. The zero-order chi connectivity index (χ0) is 11.0. The Kier molecular flexibility index (Phi) is 2.76. The van der Waals surface area contributed by atoms with Gasteiger partial charge in [-0.2, -0.15) is 0 Å². The lowest BCUT2D eigenvalue weighted by molar-refractivity contribution is 0.0890. The van der Waals surface area contributed by atoms with E-state index in [1.165, 1.54) is 0 Å². The third-order valence-corrected chi connectivity index (χ3v) is 3.22. The van der Waals surface area contributed by atoms with Crippen molar-refractivity contribution in [1.29, 1.82) is 0 Å². The summed E-state index contributed by atoms with van der Waals surface area (Å²) in [6.07, 6.45) is -0.220. The topological polar surface area (TPSA) is 32.7 Å². The summed E-state index contributed by atoms with van der Waals surface area (Å²) < 4.78 is 5.67. The summed E-state index contributed by atoms with van der Waals surface area (Å²) in [5.41, 5.74) is 0.972. The molecule has 0 amide bonds. The molecule has 4 heteroatoms. The van der Waals surface area contributed by atoms with E-state index < -0.39 is 0 Å². The van der Waals surface area contributed by atoms with Gasteiger partial charge in [0.1, 0.15) is 6.10 Å². The van der Waals surface area contributed by atoms with E-state index in [4.69, 9.17) is 16.3 Å². The molecule has 0 aliphatic carbocycles. The highest BCUT2D eigenvalue weighted by atomic mass is 35.5. The molecule has 0 spiro atoms. The van der Waals surface area contributed by atoms with E-state index in [9.17, 15) is 5.11 Å². The summed E-state index contributed by atoms with van der Waals surface area (Å²) in [4.78, 5) is 2.08. The number of hydrogen-bond acceptors (Lipinski definition) is 3. The second-order valence-electron chi connectivity index (χ2n) is 3.78. The van der Waals surface area contributed by atoms with Crippen LogP contribution in [0.3, 0.4) is 0 Å². The fraction of sp³-hybridized carbons (Fsp3) is 0.455. The molecule has 0 radical (unpaired) electrons. The molecule has 3 nitrogen and oxygen atoms in total. The zero-order valence-electron chi connectivity index (χ0n) is 8.77. The van der Waals surface area contributed by atoms with Crippen molar-refractivity contribution in [3.05, 3.63) is 23.2 Å². The van der Waals surface area contributed by atoms with Crippen LogP contribution in [0.1, 0.15) is 6.92 Å². The standard InChI is InChI=1S/C11H14ClNO2/c1-7-10(6-14)15-11-8(12)4-3-5-9(11)13(7)2/h3-5,7,10,14H,6H2,1-2H3. The average Bonchev–Trinajstić information content (AvgIpc) is 2.24. The molecule has 2 unspecified atom stereocenters. The number of rotatable bonds is 1. The van der Waals surface area contributed by atoms with Crippen molar-refractivity contribution in [1.82, 2.24) is 0 Å². The smallest absolute Gasteiger partial charge is 0.161 e. The van der Waals surface area contributed by atoms with Crippen LogP contribution in [0.25, 0.3) is 0 Å². The fourth-order valence-corrected chi connectivity index (χ4v) is 2.01. The van der Waals surface area contributed by atoms with Crippen molar-refractivity contribution in [2.75, 3.05) is 18.6 Å². The minimum absolute atomic E-state index is 0.00380. The monoisotopic (exact) mass is 227 g/mol. The van der Waals surface area contributed by atoms with Gasteiger partial charge in [-0.1, -0.05) is 17.7 Å². The molecule has 0 aromatic heterocycles. The van der Waals surface area contributed by atoms with E-state index in [0.717, 1.165) is 5.69 Å². The third kappa shape index (κ3) is 1.66. The van der Waals surface area contributed by atoms with Crippen molar-refractivity contribution in [3.63, 3.8) is 0 Å². The van der Waals surface area contributed by atoms with Gasteiger partial charge in [0.15, 0.2) is 5.75 Å². The average molecular weight is 228 g/mol. The molecule has 0 fully saturated rings. The number of anilines is 1. The first-order chi connectivity index (χ1) is 7.15. The number of hydrogen-bond donors (Lipinski definition) is 1. The maximum atomic E-state index is 9.20. The van der Waals surface area contributed by atoms with Gasteiger partial charge in [-0.15, -0.1) is 0 Å². The third-order valence-electron chi connectivity index (χ3n) is 2.92. The van der Waals surface area contributed by atoms with Gasteiger partial charge in [-0.25, -0.2) is 0 Å². The van der Waals surface area contributed by atoms with Gasteiger partial charge >= 0.3 is 0 Å². The Labute approximate surface area is 94.2 Å². The number of aliphatic hydroxyl groups is 1. The van der Waals surface area contributed by atoms with Crippen LogP contribution in [0.2, 0.25) is 5.02 Å². The molecule has 15 heavy (non-hydrogen) atoms. The van der Waals surface area contributed by atoms with Crippen molar-refractivity contribution in [3.8, 4) is 5.75 Å². The first-order valence-corrected chi connectivity index (χ1v) is 5.31. The maximum absolute atomic E-state index is 9.20. The largest absolute Gasteiger partial charge is 0.482 e. The van der Waals surface area contributed by atoms with Gasteiger partial charge in [0.25, 0.3) is 0 Å². The fourth-order valence-electron chi connectivity index (χ4n) is 1.80. The van der Waals surface area contributed by atoms with Gasteiger partial charge < -0.3 is 14.7 Å². The predicted octanol–water partition coefficient (Wildman–Crippen LogP) is 1.92. The lowest BCUT2D eigenvalue weighted by Gasteiger charge is -2.39. The van der Waals surface area contributed by atoms with Crippen LogP contribution in [-0.2, 0) is 0 Å². The molecule has 1 aromatic carbocycles. The van der Waals surface area contributed by atoms with Crippen molar-refractivity contribution in [2.24, 2.45) is 0 Å². The Morgan fingerprint density at radius 3 is 2.93 bits per heavy atom. The Morgan fingerprint density at radius 1 is 1.53 bits per heavy atom. The van der Waals surface area contributed by atoms with E-state index in [-0.39, 0.29) is 18.8 Å². The van der Waals surface area contributed by atoms with E-state index in [2.05, 4.69) is 4.90 Å². The van der Waals surface area contributed by atoms with Crippen LogP contribution in [0.4, 0.5) is 5.69 Å². The molecular weight excluding hydrogens is 214 g/mol. The lowest BCUT2D eigenvalue weighted by Crippen LogP contribution is -2.47. The summed E-state index contributed by atoms with van der Waals surface area (Å²) in [7, 11) is 1.98. The minimum atomic E-state index is -0.220. The predicted molar refractivity (Wildman–Crippen MR) is 60.8 cm³/mol. The van der Waals surface area contributed by atoms with Gasteiger partial charge in [0.2, 0.25) is 0 Å². The maximum Gasteiger partial charge on any atom is 0.161 e. The molecule has 2 rings (SSSR count). The number of para-hydroxylation sites is 1. The SMILES string of the molecule is CC1C(CO)Oc2c(Cl)cccc2N1C. The van der Waals surface area contributed by atoms with E-state index in [0.29, 0.717) is 10.8 Å². The minimum Gasteiger partial charge on any atom is -0.482 e.